The van der Waals surface area contributed by atoms with Crippen molar-refractivity contribution in [3.63, 3.8) is 0 Å². The lowest BCUT2D eigenvalue weighted by Crippen LogP contribution is -2.70. The van der Waals surface area contributed by atoms with Crippen molar-refractivity contribution in [1.29, 1.82) is 0 Å². The van der Waals surface area contributed by atoms with Crippen LogP contribution in [0.4, 0.5) is 0 Å². The zero-order chi connectivity index (χ0) is 31.4. The summed E-state index contributed by atoms with van der Waals surface area (Å²) in [6, 6.07) is 42.3. The molecule has 0 aromatic heterocycles. The molecule has 0 saturated carbocycles. The molecule has 6 heteroatoms. The second-order valence-corrected chi connectivity index (χ2v) is 22.3. The normalized spacial score (nSPS) is 19.4. The summed E-state index contributed by atoms with van der Waals surface area (Å²) >= 11 is 0. The molecule has 4 aromatic carbocycles. The van der Waals surface area contributed by atoms with Crippen LogP contribution < -0.4 is 20.7 Å². The summed E-state index contributed by atoms with van der Waals surface area (Å²) < 4.78 is 21.1. The molecule has 1 aliphatic rings. The van der Waals surface area contributed by atoms with E-state index in [1.54, 1.807) is 12.3 Å². The van der Waals surface area contributed by atoms with Gasteiger partial charge in [-0.05, 0) is 36.9 Å². The van der Waals surface area contributed by atoms with Gasteiger partial charge in [-0.15, -0.1) is 0 Å². The van der Waals surface area contributed by atoms with Crippen molar-refractivity contribution in [1.82, 2.24) is 0 Å². The van der Waals surface area contributed by atoms with Gasteiger partial charge in [0.2, 0.25) is 0 Å². The van der Waals surface area contributed by atoms with Crippen LogP contribution in [-0.2, 0) is 13.6 Å². The third-order valence-electron chi connectivity index (χ3n) is 8.84. The molecule has 3 atom stereocenters. The standard InChI is InChI=1S/C38H46O4Si2/c1-37(2,3)43(30-19-11-7-12-20-30,31-21-13-8-14-22-31)41-29-35-36(34(39)27-28-40-35)42-44(38(4,5)6,32-23-15-9-16-24-32)33-25-17-10-18-26-33/h7-28,34-36,39H,29H2,1-6H3/t34-,35+,36-/m0/s1. The van der Waals surface area contributed by atoms with Crippen LogP contribution in [0.25, 0.3) is 0 Å². The molecule has 0 spiro atoms. The highest BCUT2D eigenvalue weighted by Gasteiger charge is 2.55. The smallest absolute Gasteiger partial charge is 0.261 e. The zero-order valence-corrected chi connectivity index (χ0v) is 28.8. The maximum absolute atomic E-state index is 11.6. The van der Waals surface area contributed by atoms with Crippen LogP contribution in [0.2, 0.25) is 10.1 Å². The first-order valence-corrected chi connectivity index (χ1v) is 19.4. The van der Waals surface area contributed by atoms with Crippen molar-refractivity contribution >= 4 is 37.4 Å². The average Bonchev–Trinajstić information content (AvgIpc) is 3.02. The quantitative estimate of drug-likeness (QED) is 0.241. The summed E-state index contributed by atoms with van der Waals surface area (Å²) in [7, 11) is -5.82. The molecule has 0 amide bonds. The third-order valence-corrected chi connectivity index (χ3v) is 18.9. The monoisotopic (exact) mass is 622 g/mol. The molecule has 44 heavy (non-hydrogen) atoms. The van der Waals surface area contributed by atoms with E-state index in [0.717, 1.165) is 10.4 Å². The molecule has 0 fully saturated rings. The molecule has 1 heterocycles. The summed E-state index contributed by atoms with van der Waals surface area (Å²) in [4.78, 5) is 0. The lowest BCUT2D eigenvalue weighted by molar-refractivity contribution is -0.0699. The Balaban J connectivity index is 1.59. The highest BCUT2D eigenvalue weighted by molar-refractivity contribution is 7.00. The first-order valence-electron chi connectivity index (χ1n) is 15.5. The molecular weight excluding hydrogens is 577 g/mol. The second kappa shape index (κ2) is 13.0. The first-order chi connectivity index (χ1) is 21.0. The molecular formula is C38H46O4Si2. The van der Waals surface area contributed by atoms with Crippen LogP contribution >= 0.6 is 0 Å². The van der Waals surface area contributed by atoms with Gasteiger partial charge in [0.1, 0.15) is 18.3 Å². The topological polar surface area (TPSA) is 47.9 Å². The van der Waals surface area contributed by atoms with E-state index in [2.05, 4.69) is 151 Å². The minimum absolute atomic E-state index is 0.187. The molecule has 4 aromatic rings. The molecule has 1 aliphatic heterocycles. The molecule has 230 valence electrons. The minimum Gasteiger partial charge on any atom is -0.493 e. The highest BCUT2D eigenvalue weighted by atomic mass is 28.4. The molecule has 0 saturated heterocycles. The van der Waals surface area contributed by atoms with Gasteiger partial charge in [-0.25, -0.2) is 0 Å². The number of ether oxygens (including phenoxy) is 1. The van der Waals surface area contributed by atoms with Gasteiger partial charge in [0.25, 0.3) is 16.6 Å². The largest absolute Gasteiger partial charge is 0.493 e. The van der Waals surface area contributed by atoms with E-state index in [1.165, 1.54) is 10.4 Å². The van der Waals surface area contributed by atoms with Crippen molar-refractivity contribution in [3.8, 4) is 0 Å². The highest BCUT2D eigenvalue weighted by Crippen LogP contribution is 2.40. The fraction of sp³-hybridized carbons (Fsp3) is 0.316. The van der Waals surface area contributed by atoms with E-state index in [1.807, 2.05) is 12.1 Å². The average molecular weight is 623 g/mol. The van der Waals surface area contributed by atoms with Gasteiger partial charge < -0.3 is 18.7 Å². The molecule has 5 rings (SSSR count). The summed E-state index contributed by atoms with van der Waals surface area (Å²) in [5.74, 6) is 0. The van der Waals surface area contributed by atoms with Gasteiger partial charge in [-0.1, -0.05) is 163 Å². The number of aliphatic hydroxyl groups is 1. The third kappa shape index (κ3) is 6.02. The minimum atomic E-state index is -2.98. The number of rotatable bonds is 9. The van der Waals surface area contributed by atoms with E-state index in [4.69, 9.17) is 13.6 Å². The van der Waals surface area contributed by atoms with Crippen molar-refractivity contribution in [3.05, 3.63) is 134 Å². The van der Waals surface area contributed by atoms with Crippen LogP contribution in [0, 0.1) is 0 Å². The van der Waals surface area contributed by atoms with Crippen LogP contribution in [0.3, 0.4) is 0 Å². The fourth-order valence-corrected chi connectivity index (χ4v) is 16.1. The Morgan fingerprint density at radius 1 is 0.591 bits per heavy atom. The summed E-state index contributed by atoms with van der Waals surface area (Å²) in [5, 5.41) is 15.9. The van der Waals surface area contributed by atoms with Crippen molar-refractivity contribution in [2.24, 2.45) is 0 Å². The lowest BCUT2D eigenvalue weighted by atomic mass is 10.1. The van der Waals surface area contributed by atoms with E-state index < -0.39 is 34.9 Å². The number of hydrogen-bond acceptors (Lipinski definition) is 4. The fourth-order valence-electron chi connectivity index (χ4n) is 6.78. The predicted octanol–water partition coefficient (Wildman–Crippen LogP) is 5.78. The van der Waals surface area contributed by atoms with Crippen LogP contribution in [0.15, 0.2) is 134 Å². The number of hydrogen-bond donors (Lipinski definition) is 1. The zero-order valence-electron chi connectivity index (χ0n) is 26.8. The van der Waals surface area contributed by atoms with Gasteiger partial charge in [-0.3, -0.25) is 0 Å². The van der Waals surface area contributed by atoms with Crippen molar-refractivity contribution in [2.45, 2.75) is 69.9 Å². The van der Waals surface area contributed by atoms with Crippen LogP contribution in [0.1, 0.15) is 41.5 Å². The van der Waals surface area contributed by atoms with Gasteiger partial charge in [-0.2, -0.15) is 0 Å². The SMILES string of the molecule is CC(C)(C)[Si](OC[C@H]1OC=C[C@H](O)[C@@H]1O[Si](c1ccccc1)(c1ccccc1)C(C)(C)C)(c1ccccc1)c1ccccc1. The van der Waals surface area contributed by atoms with Gasteiger partial charge in [0.15, 0.2) is 0 Å². The number of benzene rings is 4. The van der Waals surface area contributed by atoms with Gasteiger partial charge in [0.05, 0.1) is 12.9 Å². The molecule has 4 nitrogen and oxygen atoms in total. The Morgan fingerprint density at radius 2 is 0.955 bits per heavy atom. The Labute approximate surface area is 265 Å². The van der Waals surface area contributed by atoms with Crippen LogP contribution in [-0.4, -0.2) is 46.7 Å². The summed E-state index contributed by atoms with van der Waals surface area (Å²) in [6.07, 6.45) is 1.30. The molecule has 0 aliphatic carbocycles. The van der Waals surface area contributed by atoms with E-state index >= 15 is 0 Å². The van der Waals surface area contributed by atoms with E-state index in [9.17, 15) is 5.11 Å². The first kappa shape index (κ1) is 32.1. The predicted molar refractivity (Wildman–Crippen MR) is 186 cm³/mol. The summed E-state index contributed by atoms with van der Waals surface area (Å²) in [6.45, 7) is 13.8. The summed E-state index contributed by atoms with van der Waals surface area (Å²) in [5.41, 5.74) is 0. The Hall–Kier alpha value is -3.27. The molecule has 1 N–H and O–H groups in total. The number of aliphatic hydroxyl groups excluding tert-OH is 1. The Kier molecular flexibility index (Phi) is 9.49. The van der Waals surface area contributed by atoms with Gasteiger partial charge in [0, 0.05) is 0 Å². The maximum Gasteiger partial charge on any atom is 0.261 e. The van der Waals surface area contributed by atoms with Crippen molar-refractivity contribution < 1.29 is 18.7 Å². The lowest BCUT2D eigenvalue weighted by Gasteiger charge is -2.48. The Morgan fingerprint density at radius 3 is 1.32 bits per heavy atom. The second-order valence-electron chi connectivity index (χ2n) is 13.7. The van der Waals surface area contributed by atoms with E-state index in [0.29, 0.717) is 0 Å². The van der Waals surface area contributed by atoms with E-state index in [-0.39, 0.29) is 16.7 Å². The Bertz CT molecular complexity index is 1420. The maximum atomic E-state index is 11.6. The molecule has 0 bridgehead atoms. The van der Waals surface area contributed by atoms with Crippen molar-refractivity contribution in [2.75, 3.05) is 6.61 Å². The van der Waals surface area contributed by atoms with Gasteiger partial charge >= 0.3 is 0 Å². The van der Waals surface area contributed by atoms with Crippen LogP contribution in [0.5, 0.6) is 0 Å². The molecule has 0 radical (unpaired) electrons. The molecule has 0 unspecified atom stereocenters.